The maximum absolute atomic E-state index is 12.9. The smallest absolute Gasteiger partial charge is 0.258 e. The Morgan fingerprint density at radius 1 is 1.00 bits per heavy atom. The van der Waals surface area contributed by atoms with Crippen LogP contribution in [-0.4, -0.2) is 17.5 Å². The minimum atomic E-state index is -0.369. The Labute approximate surface area is 145 Å². The molecule has 0 spiro atoms. The van der Waals surface area contributed by atoms with Crippen LogP contribution in [0.3, 0.4) is 0 Å². The van der Waals surface area contributed by atoms with Gasteiger partial charge in [-0.15, -0.1) is 0 Å². The minimum Gasteiger partial charge on any atom is -0.484 e. The maximum atomic E-state index is 12.9. The van der Waals surface area contributed by atoms with Crippen LogP contribution in [0, 0.1) is 5.82 Å². The molecule has 3 aromatic rings. The highest BCUT2D eigenvalue weighted by Crippen LogP contribution is 2.20. The first kappa shape index (κ1) is 16.6. The molecular weight excluding hydrogens is 319 g/mol. The van der Waals surface area contributed by atoms with E-state index in [1.54, 1.807) is 6.20 Å². The summed E-state index contributed by atoms with van der Waals surface area (Å²) in [7, 11) is 0. The van der Waals surface area contributed by atoms with Gasteiger partial charge in [-0.3, -0.25) is 9.78 Å². The molecule has 126 valence electrons. The van der Waals surface area contributed by atoms with Crippen molar-refractivity contribution in [3.63, 3.8) is 0 Å². The van der Waals surface area contributed by atoms with Crippen molar-refractivity contribution in [1.82, 2.24) is 10.3 Å². The lowest BCUT2D eigenvalue weighted by Crippen LogP contribution is -2.33. The van der Waals surface area contributed by atoms with E-state index in [1.165, 1.54) is 24.3 Å². The zero-order valence-corrected chi connectivity index (χ0v) is 13.4. The quantitative estimate of drug-likeness (QED) is 0.749. The number of hydrogen-bond acceptors (Lipinski definition) is 3. The van der Waals surface area contributed by atoms with Crippen molar-refractivity contribution < 1.29 is 13.9 Å². The van der Waals surface area contributed by atoms with Gasteiger partial charge in [0.25, 0.3) is 5.91 Å². The largest absolute Gasteiger partial charge is 0.484 e. The van der Waals surface area contributed by atoms with Gasteiger partial charge in [0.2, 0.25) is 0 Å². The molecule has 1 atom stereocenters. The molecule has 1 N–H and O–H groups in total. The molecule has 5 heteroatoms. The molecule has 0 saturated heterocycles. The van der Waals surface area contributed by atoms with Gasteiger partial charge in [0, 0.05) is 6.20 Å². The van der Waals surface area contributed by atoms with Gasteiger partial charge < -0.3 is 10.1 Å². The predicted molar refractivity (Wildman–Crippen MR) is 92.6 cm³/mol. The van der Waals surface area contributed by atoms with Crippen LogP contribution in [0.1, 0.15) is 17.3 Å². The van der Waals surface area contributed by atoms with Crippen molar-refractivity contribution in [3.8, 4) is 5.75 Å². The zero-order chi connectivity index (χ0) is 17.5. The van der Waals surface area contributed by atoms with Crippen molar-refractivity contribution in [3.05, 3.63) is 96.1 Å². The van der Waals surface area contributed by atoms with Crippen LogP contribution in [0.2, 0.25) is 0 Å². The number of pyridine rings is 1. The topological polar surface area (TPSA) is 51.2 Å². The number of amides is 1. The van der Waals surface area contributed by atoms with Gasteiger partial charge in [-0.1, -0.05) is 36.4 Å². The average Bonchev–Trinajstić information content (AvgIpc) is 2.67. The van der Waals surface area contributed by atoms with E-state index in [1.807, 2.05) is 48.5 Å². The van der Waals surface area contributed by atoms with Crippen LogP contribution in [-0.2, 0) is 4.79 Å². The number of benzene rings is 2. The number of nitrogens with zero attached hydrogens (tertiary/aromatic N) is 1. The molecule has 0 radical (unpaired) electrons. The summed E-state index contributed by atoms with van der Waals surface area (Å²) in [5.74, 6) is -0.203. The summed E-state index contributed by atoms with van der Waals surface area (Å²) in [4.78, 5) is 16.6. The number of hydrogen-bond donors (Lipinski definition) is 1. The Morgan fingerprint density at radius 3 is 2.40 bits per heavy atom. The molecule has 0 bridgehead atoms. The van der Waals surface area contributed by atoms with Crippen LogP contribution in [0.4, 0.5) is 4.39 Å². The zero-order valence-electron chi connectivity index (χ0n) is 13.4. The van der Waals surface area contributed by atoms with E-state index >= 15 is 0 Å². The fraction of sp³-hybridized carbons (Fsp3) is 0.100. The third kappa shape index (κ3) is 4.64. The monoisotopic (exact) mass is 336 g/mol. The Balaban J connectivity index is 1.69. The molecular formula is C20H17FN2O2. The van der Waals surface area contributed by atoms with Crippen molar-refractivity contribution in [2.75, 3.05) is 6.61 Å². The van der Waals surface area contributed by atoms with Crippen LogP contribution < -0.4 is 10.1 Å². The Bertz CT molecular complexity index is 769. The highest BCUT2D eigenvalue weighted by Gasteiger charge is 2.18. The molecule has 1 aromatic heterocycles. The van der Waals surface area contributed by atoms with Crippen LogP contribution >= 0.6 is 0 Å². The van der Waals surface area contributed by atoms with E-state index < -0.39 is 0 Å². The number of halogens is 1. The molecule has 0 aliphatic rings. The second kappa shape index (κ2) is 8.06. The molecule has 0 fully saturated rings. The molecule has 0 aliphatic heterocycles. The summed E-state index contributed by atoms with van der Waals surface area (Å²) in [5, 5.41) is 2.93. The lowest BCUT2D eigenvalue weighted by Gasteiger charge is -2.19. The Hall–Kier alpha value is -3.21. The first-order chi connectivity index (χ1) is 12.2. The number of carbonyl (C=O) groups excluding carboxylic acids is 1. The molecule has 4 nitrogen and oxygen atoms in total. The number of ether oxygens (including phenoxy) is 1. The third-order valence-corrected chi connectivity index (χ3v) is 3.61. The molecule has 1 amide bonds. The number of nitrogens with one attached hydrogen (secondary N) is 1. The first-order valence-corrected chi connectivity index (χ1v) is 7.86. The average molecular weight is 336 g/mol. The van der Waals surface area contributed by atoms with Crippen LogP contribution in [0.5, 0.6) is 5.75 Å². The SMILES string of the molecule is O=C(COc1ccc(F)cc1)NC(c1ccccc1)c1ccccn1. The minimum absolute atomic E-state index is 0.165. The van der Waals surface area contributed by atoms with E-state index in [0.717, 1.165) is 11.3 Å². The second-order valence-electron chi connectivity index (χ2n) is 5.41. The molecule has 0 saturated carbocycles. The second-order valence-corrected chi connectivity index (χ2v) is 5.41. The summed E-state index contributed by atoms with van der Waals surface area (Å²) in [6.45, 7) is -0.165. The van der Waals surface area contributed by atoms with Gasteiger partial charge in [-0.2, -0.15) is 0 Å². The Kier molecular flexibility index (Phi) is 5.36. The van der Waals surface area contributed by atoms with Crippen molar-refractivity contribution in [1.29, 1.82) is 0 Å². The van der Waals surface area contributed by atoms with E-state index in [2.05, 4.69) is 10.3 Å². The molecule has 3 rings (SSSR count). The first-order valence-electron chi connectivity index (χ1n) is 7.86. The Morgan fingerprint density at radius 2 is 1.72 bits per heavy atom. The van der Waals surface area contributed by atoms with Crippen LogP contribution in [0.25, 0.3) is 0 Å². The third-order valence-electron chi connectivity index (χ3n) is 3.61. The van der Waals surface area contributed by atoms with Gasteiger partial charge in [-0.05, 0) is 42.0 Å². The molecule has 1 unspecified atom stereocenters. The number of rotatable bonds is 6. The lowest BCUT2D eigenvalue weighted by molar-refractivity contribution is -0.123. The van der Waals surface area contributed by atoms with Crippen molar-refractivity contribution in [2.45, 2.75) is 6.04 Å². The summed E-state index contributed by atoms with van der Waals surface area (Å²) >= 11 is 0. The van der Waals surface area contributed by atoms with Gasteiger partial charge in [-0.25, -0.2) is 4.39 Å². The number of aromatic nitrogens is 1. The fourth-order valence-corrected chi connectivity index (χ4v) is 2.40. The van der Waals surface area contributed by atoms with Gasteiger partial charge in [0.1, 0.15) is 11.6 Å². The van der Waals surface area contributed by atoms with E-state index in [9.17, 15) is 9.18 Å². The lowest BCUT2D eigenvalue weighted by atomic mass is 10.0. The molecule has 25 heavy (non-hydrogen) atoms. The van der Waals surface area contributed by atoms with Gasteiger partial charge in [0.05, 0.1) is 11.7 Å². The van der Waals surface area contributed by atoms with E-state index in [-0.39, 0.29) is 24.4 Å². The van der Waals surface area contributed by atoms with E-state index in [0.29, 0.717) is 5.75 Å². The summed E-state index contributed by atoms with van der Waals surface area (Å²) in [6, 6.07) is 20.3. The maximum Gasteiger partial charge on any atom is 0.258 e. The summed E-state index contributed by atoms with van der Waals surface area (Å²) < 4.78 is 18.3. The predicted octanol–water partition coefficient (Wildman–Crippen LogP) is 3.51. The van der Waals surface area contributed by atoms with Crippen molar-refractivity contribution in [2.24, 2.45) is 0 Å². The molecule has 1 heterocycles. The van der Waals surface area contributed by atoms with Gasteiger partial charge in [0.15, 0.2) is 6.61 Å². The summed E-state index contributed by atoms with van der Waals surface area (Å²) in [6.07, 6.45) is 1.69. The molecule has 2 aromatic carbocycles. The van der Waals surface area contributed by atoms with Gasteiger partial charge >= 0.3 is 0 Å². The highest BCUT2D eigenvalue weighted by atomic mass is 19.1. The number of carbonyl (C=O) groups is 1. The standard InChI is InChI=1S/C20H17FN2O2/c21-16-9-11-17(12-10-16)25-14-19(24)23-20(15-6-2-1-3-7-15)18-8-4-5-13-22-18/h1-13,20H,14H2,(H,23,24). The summed E-state index contributed by atoms with van der Waals surface area (Å²) in [5.41, 5.74) is 1.67. The van der Waals surface area contributed by atoms with E-state index in [4.69, 9.17) is 4.74 Å². The normalized spacial score (nSPS) is 11.6. The molecule has 0 aliphatic carbocycles. The highest BCUT2D eigenvalue weighted by molar-refractivity contribution is 5.78. The van der Waals surface area contributed by atoms with Crippen LogP contribution in [0.15, 0.2) is 79.0 Å². The van der Waals surface area contributed by atoms with Crippen molar-refractivity contribution >= 4 is 5.91 Å². The fourth-order valence-electron chi connectivity index (χ4n) is 2.40.